The maximum Gasteiger partial charge on any atom is 0.245 e. The number of hydrogen-bond donors (Lipinski definition) is 20. The first-order valence-corrected chi connectivity index (χ1v) is 33.9. The molecule has 0 spiro atoms. The number of amides is 6. The second-order valence-electron chi connectivity index (χ2n) is 26.1. The Balaban J connectivity index is 0.868. The summed E-state index contributed by atoms with van der Waals surface area (Å²) in [5.74, 6) is -6.62. The van der Waals surface area contributed by atoms with Crippen molar-refractivity contribution in [1.29, 1.82) is 0 Å². The number of guanidine groups is 2. The van der Waals surface area contributed by atoms with Gasteiger partial charge < -0.3 is 143 Å². The lowest BCUT2D eigenvalue weighted by atomic mass is 9.92. The highest BCUT2D eigenvalue weighted by Gasteiger charge is 2.53. The Morgan fingerprint density at radius 3 is 1.75 bits per heavy atom. The Labute approximate surface area is 595 Å². The molecule has 0 bridgehead atoms. The summed E-state index contributed by atoms with van der Waals surface area (Å²) >= 11 is 0. The van der Waals surface area contributed by atoms with Crippen molar-refractivity contribution >= 4 is 47.4 Å². The molecule has 566 valence electrons. The quantitative estimate of drug-likeness (QED) is 0.0328. The number of aliphatic imine (C=N–C) groups is 2. The monoisotopic (exact) mass is 1460 g/mol. The fraction of sp³-hybridized carbons (Fsp3) is 0.529. The van der Waals surface area contributed by atoms with Crippen LogP contribution in [0.25, 0.3) is 0 Å². The molecule has 0 radical (unpaired) electrons. The van der Waals surface area contributed by atoms with Crippen LogP contribution >= 0.6 is 0 Å². The Hall–Kier alpha value is -8.80. The van der Waals surface area contributed by atoms with E-state index in [1.54, 1.807) is 61.5 Å². The van der Waals surface area contributed by atoms with Gasteiger partial charge in [0.25, 0.3) is 0 Å². The molecule has 10 rings (SSSR count). The molecule has 4 fully saturated rings. The van der Waals surface area contributed by atoms with E-state index >= 15 is 9.59 Å². The number of rotatable bonds is 23. The van der Waals surface area contributed by atoms with E-state index in [9.17, 15) is 75.3 Å². The van der Waals surface area contributed by atoms with E-state index in [0.29, 0.717) is 29.0 Å². The Bertz CT molecular complexity index is 3590. The predicted molar refractivity (Wildman–Crippen MR) is 360 cm³/mol. The Kier molecular flexibility index (Phi) is 26.8. The number of nitrogens with two attached hydrogens (primary N) is 2. The summed E-state index contributed by atoms with van der Waals surface area (Å²) < 4.78 is 41.3. The second-order valence-corrected chi connectivity index (χ2v) is 26.1. The van der Waals surface area contributed by atoms with Gasteiger partial charge >= 0.3 is 0 Å². The third-order valence-corrected chi connectivity index (χ3v) is 18.9. The van der Waals surface area contributed by atoms with Crippen molar-refractivity contribution in [2.45, 2.75) is 180 Å². The molecule has 23 atom stereocenters. The van der Waals surface area contributed by atoms with E-state index in [4.69, 9.17) is 44.6 Å². The van der Waals surface area contributed by atoms with Gasteiger partial charge in [0.2, 0.25) is 41.7 Å². The van der Waals surface area contributed by atoms with Crippen LogP contribution in [-0.2, 0) is 72.1 Å². The van der Waals surface area contributed by atoms with E-state index < -0.39 is 215 Å². The number of carbonyl (C=O) groups excluding carboxylic acids is 6. The fourth-order valence-corrected chi connectivity index (χ4v) is 12.9. The van der Waals surface area contributed by atoms with Crippen LogP contribution < -0.4 is 58.2 Å². The number of hydrogen-bond acceptors (Lipinski definition) is 30. The third-order valence-electron chi connectivity index (χ3n) is 18.9. The van der Waals surface area contributed by atoms with Gasteiger partial charge in [-0.1, -0.05) is 91.9 Å². The molecule has 0 aliphatic carbocycles. The van der Waals surface area contributed by atoms with Crippen LogP contribution in [0.1, 0.15) is 47.9 Å². The van der Waals surface area contributed by atoms with Crippen molar-refractivity contribution in [2.24, 2.45) is 21.5 Å². The van der Waals surface area contributed by atoms with Gasteiger partial charge in [0.05, 0.1) is 64.8 Å². The van der Waals surface area contributed by atoms with Gasteiger partial charge in [0, 0.05) is 12.3 Å². The minimum atomic E-state index is -1.93. The largest absolute Gasteiger partial charge is 0.489 e. The standard InChI is InChI=1S/C68H90N12O24/c1-32(36-10-6-3-7-11-36)49-63(97)77-41(20-33-12-18-40(19-13-33)100-65-55(91)53(89)57(47(29-84)103-65)104-66-56(92)58(51(87)46(28-83)102-66)99-31-35-14-16-39(17-15-35)98-30-34-8-4-2-5-9-34)60(94)75-42(21-37-23-72-67(69)74-37)61(95)76-43(62(96)78-44(26-81)59(93)71-25-48(85)79-49)22-38-24-73-68(70)80(38)64-54(90)52(88)50(86)45(27-82)101-64/h2-19,32,37-38,41-47,49-58,64-66,81-84,86-92H,20-31H2,1H3,(H2,70,73)(H,71,93)(H,75,94)(H,76,95)(H,77,97)(H,78,96)(H,79,85)(H3,69,72,74)/t32?,37?,38?,41-,42+,43-,44+,45-,46-,47-,49+,50-,51-,52+,53-,54+,55+,56+,57-,58+,64+,65+,66-/m1/s1. The molecule has 6 aliphatic heterocycles. The van der Waals surface area contributed by atoms with Crippen LogP contribution in [0.3, 0.4) is 0 Å². The van der Waals surface area contributed by atoms with Crippen molar-refractivity contribution in [2.75, 3.05) is 46.1 Å². The van der Waals surface area contributed by atoms with Crippen LogP contribution in [-0.4, -0.2) is 289 Å². The summed E-state index contributed by atoms with van der Waals surface area (Å²) in [4.78, 5) is 97.0. The predicted octanol–water partition coefficient (Wildman–Crippen LogP) is -7.75. The van der Waals surface area contributed by atoms with Gasteiger partial charge in [-0.3, -0.25) is 38.8 Å². The van der Waals surface area contributed by atoms with Crippen LogP contribution in [0, 0.1) is 0 Å². The number of benzene rings is 4. The number of nitrogens with zero attached hydrogens (tertiary/aromatic N) is 3. The first-order chi connectivity index (χ1) is 49.9. The average molecular weight is 1460 g/mol. The van der Waals surface area contributed by atoms with Crippen LogP contribution in [0.2, 0.25) is 0 Å². The van der Waals surface area contributed by atoms with Crippen LogP contribution in [0.4, 0.5) is 0 Å². The van der Waals surface area contributed by atoms with Gasteiger partial charge in [-0.25, -0.2) is 0 Å². The van der Waals surface area contributed by atoms with Gasteiger partial charge in [0.1, 0.15) is 122 Å². The zero-order valence-electron chi connectivity index (χ0n) is 56.4. The molecule has 0 aromatic heterocycles. The first-order valence-electron chi connectivity index (χ1n) is 33.9. The smallest absolute Gasteiger partial charge is 0.245 e. The van der Waals surface area contributed by atoms with E-state index in [1.807, 2.05) is 30.3 Å². The molecule has 6 heterocycles. The summed E-state index contributed by atoms with van der Waals surface area (Å²) in [6.45, 7) is -2.71. The molecule has 36 nitrogen and oxygen atoms in total. The SMILES string of the molecule is CC(c1ccccc1)[C@@H]1NC(=O)CNC(=O)[C@H](CO)NC(=O)[C@@H](CC2CN=C(N)N2[C@H]2O[C@H](CO)[C@@H](O)[C@H](O)[C@@H]2O)NC(=O)[C@H](CC2CN=C(N)N2)NC(=O)[C@@H](Cc2ccc(O[C@H]3O[C@H](CO)[C@@H](O[C@H]4O[C@H](CO)[C@@H](O)[C@H](OCc5ccc(OCc6ccccc6)cc5)[C@@H]4O)[C@H](O)[C@@H]3O)cc2)NC1=O. The number of nitrogens with one attached hydrogen (secondary N) is 7. The summed E-state index contributed by atoms with van der Waals surface area (Å²) in [5, 5.41) is 138. The van der Waals surface area contributed by atoms with Crippen molar-refractivity contribution in [3.05, 3.63) is 131 Å². The van der Waals surface area contributed by atoms with Crippen molar-refractivity contribution in [3.63, 3.8) is 0 Å². The van der Waals surface area contributed by atoms with E-state index in [-0.39, 0.29) is 50.2 Å². The van der Waals surface area contributed by atoms with Gasteiger partial charge in [-0.05, 0) is 59.4 Å². The number of aliphatic hydroxyl groups is 11. The number of aliphatic hydroxyl groups excluding tert-OH is 11. The molecule has 36 heteroatoms. The third kappa shape index (κ3) is 19.0. The Morgan fingerprint density at radius 2 is 1.11 bits per heavy atom. The van der Waals surface area contributed by atoms with E-state index in [1.165, 1.54) is 29.2 Å². The van der Waals surface area contributed by atoms with Crippen LogP contribution in [0.15, 0.2) is 119 Å². The zero-order valence-corrected chi connectivity index (χ0v) is 56.4. The molecule has 6 aliphatic rings. The maximum absolute atomic E-state index is 15.2. The van der Waals surface area contributed by atoms with Crippen molar-refractivity contribution < 1.29 is 118 Å². The summed E-state index contributed by atoms with van der Waals surface area (Å²) in [7, 11) is 0. The summed E-state index contributed by atoms with van der Waals surface area (Å²) in [6.07, 6.45) is -26.3. The topological polar surface area (TPSA) is 554 Å². The maximum atomic E-state index is 15.2. The molecule has 22 N–H and O–H groups in total. The lowest BCUT2D eigenvalue weighted by molar-refractivity contribution is -0.355. The van der Waals surface area contributed by atoms with Gasteiger partial charge in [-0.15, -0.1) is 0 Å². The second kappa shape index (κ2) is 35.8. The molecular weight excluding hydrogens is 1370 g/mol. The highest BCUT2D eigenvalue weighted by Crippen LogP contribution is 2.34. The average Bonchev–Trinajstić information content (AvgIpc) is 1.54. The lowest BCUT2D eigenvalue weighted by Crippen LogP contribution is -2.66. The van der Waals surface area contributed by atoms with Gasteiger partial charge in [-0.2, -0.15) is 0 Å². The molecule has 4 saturated heterocycles. The normalized spacial score (nSPS) is 33.6. The molecule has 6 amide bonds. The highest BCUT2D eigenvalue weighted by atomic mass is 16.7. The van der Waals surface area contributed by atoms with E-state index in [0.717, 1.165) is 5.56 Å². The molecule has 0 saturated carbocycles. The number of carbonyl (C=O) groups is 6. The van der Waals surface area contributed by atoms with Crippen molar-refractivity contribution in [3.8, 4) is 11.5 Å². The summed E-state index contributed by atoms with van der Waals surface area (Å²) in [5.41, 5.74) is 14.8. The lowest BCUT2D eigenvalue weighted by Gasteiger charge is -2.46. The zero-order chi connectivity index (χ0) is 74.5. The Morgan fingerprint density at radius 1 is 0.519 bits per heavy atom. The van der Waals surface area contributed by atoms with Gasteiger partial charge in [0.15, 0.2) is 24.4 Å². The molecule has 4 aromatic carbocycles. The number of ether oxygens (including phenoxy) is 7. The fourth-order valence-electron chi connectivity index (χ4n) is 12.9. The molecular formula is C68H90N12O24. The highest BCUT2D eigenvalue weighted by molar-refractivity contribution is 5.98. The summed E-state index contributed by atoms with van der Waals surface area (Å²) in [6, 6.07) is 20.5. The minimum absolute atomic E-state index is 0.00184. The van der Waals surface area contributed by atoms with Crippen molar-refractivity contribution in [1.82, 2.24) is 42.1 Å². The molecule has 4 aromatic rings. The molecule has 3 unspecified atom stereocenters. The minimum Gasteiger partial charge on any atom is -0.489 e. The molecule has 104 heavy (non-hydrogen) atoms. The first kappa shape index (κ1) is 77.8. The van der Waals surface area contributed by atoms with E-state index in [2.05, 4.69) is 47.2 Å². The van der Waals surface area contributed by atoms with Crippen LogP contribution in [0.5, 0.6) is 11.5 Å².